The van der Waals surface area contributed by atoms with E-state index < -0.39 is 20.0 Å². The fourth-order valence-electron chi connectivity index (χ4n) is 5.14. The molecule has 0 saturated carbocycles. The summed E-state index contributed by atoms with van der Waals surface area (Å²) in [7, 11) is -7.34. The minimum absolute atomic E-state index is 0.000374. The molecule has 0 unspecified atom stereocenters. The Morgan fingerprint density at radius 3 is 2.39 bits per heavy atom. The fraction of sp³-hybridized carbons (Fsp3) is 0.440. The number of aliphatic hydroxyl groups is 1. The number of rotatable bonds is 8. The molecule has 0 amide bonds. The van der Waals surface area contributed by atoms with Crippen molar-refractivity contribution < 1.29 is 21.9 Å². The maximum atomic E-state index is 13.4. The summed E-state index contributed by atoms with van der Waals surface area (Å²) in [6.45, 7) is 5.55. The third-order valence-corrected chi connectivity index (χ3v) is 9.62. The highest BCUT2D eigenvalue weighted by Crippen LogP contribution is 2.35. The lowest BCUT2D eigenvalue weighted by Crippen LogP contribution is -2.50. The number of aliphatic hydroxyl groups excluding tert-OH is 1. The monoisotopic (exact) mass is 560 g/mol. The Morgan fingerprint density at radius 1 is 1.08 bits per heavy atom. The molecule has 0 spiro atoms. The lowest BCUT2D eigenvalue weighted by molar-refractivity contribution is 0.0316. The van der Waals surface area contributed by atoms with E-state index in [1.165, 1.54) is 10.2 Å². The van der Waals surface area contributed by atoms with Crippen LogP contribution in [-0.4, -0.2) is 76.8 Å². The first-order valence-electron chi connectivity index (χ1n) is 12.4. The van der Waals surface area contributed by atoms with Crippen molar-refractivity contribution in [2.75, 3.05) is 26.0 Å². The van der Waals surface area contributed by atoms with Crippen molar-refractivity contribution in [2.45, 2.75) is 49.7 Å². The molecule has 1 aliphatic heterocycles. The van der Waals surface area contributed by atoms with Gasteiger partial charge in [-0.25, -0.2) is 35.5 Å². The predicted octanol–water partition coefficient (Wildman–Crippen LogP) is 2.08. The number of nitrogens with one attached hydrogen (secondary N) is 1. The predicted molar refractivity (Wildman–Crippen MR) is 145 cm³/mol. The summed E-state index contributed by atoms with van der Waals surface area (Å²) >= 11 is 0. The van der Waals surface area contributed by atoms with E-state index in [9.17, 15) is 21.9 Å². The Balaban J connectivity index is 1.63. The van der Waals surface area contributed by atoms with Crippen LogP contribution in [0, 0.1) is 0 Å². The summed E-state index contributed by atoms with van der Waals surface area (Å²) in [5.41, 5.74) is 1.23. The number of imidazole rings is 1. The second-order valence-corrected chi connectivity index (χ2v) is 14.0. The van der Waals surface area contributed by atoms with Gasteiger partial charge in [0, 0.05) is 36.3 Å². The second kappa shape index (κ2) is 9.72. The van der Waals surface area contributed by atoms with Crippen LogP contribution in [0.5, 0.6) is 0 Å². The van der Waals surface area contributed by atoms with Crippen LogP contribution in [0.2, 0.25) is 0 Å². The fourth-order valence-corrected chi connectivity index (χ4v) is 6.85. The molecule has 1 fully saturated rings. The Kier molecular flexibility index (Phi) is 6.84. The van der Waals surface area contributed by atoms with Gasteiger partial charge in [0.15, 0.2) is 5.65 Å². The van der Waals surface area contributed by atoms with Crippen LogP contribution in [0.15, 0.2) is 53.7 Å². The Labute approximate surface area is 222 Å². The topological polar surface area (TPSA) is 139 Å². The van der Waals surface area contributed by atoms with Crippen molar-refractivity contribution in [1.82, 2.24) is 28.1 Å². The maximum Gasteiger partial charge on any atom is 0.269 e. The van der Waals surface area contributed by atoms with Gasteiger partial charge >= 0.3 is 0 Å². The molecule has 1 saturated heterocycles. The van der Waals surface area contributed by atoms with Crippen LogP contribution < -0.4 is 4.72 Å². The molecular weight excluding hydrogens is 528 g/mol. The van der Waals surface area contributed by atoms with Crippen molar-refractivity contribution in [2.24, 2.45) is 0 Å². The van der Waals surface area contributed by atoms with Crippen molar-refractivity contribution in [3.63, 3.8) is 0 Å². The van der Waals surface area contributed by atoms with E-state index in [0.717, 1.165) is 37.7 Å². The highest BCUT2D eigenvalue weighted by atomic mass is 32.2. The maximum absolute atomic E-state index is 13.4. The molecule has 5 rings (SSSR count). The highest BCUT2D eigenvalue weighted by Gasteiger charge is 2.33. The van der Waals surface area contributed by atoms with Crippen LogP contribution in [0.3, 0.4) is 0 Å². The Morgan fingerprint density at radius 2 is 1.76 bits per heavy atom. The summed E-state index contributed by atoms with van der Waals surface area (Å²) in [6, 6.07) is 9.91. The molecule has 0 bridgehead atoms. The van der Waals surface area contributed by atoms with Gasteiger partial charge in [0.25, 0.3) is 10.0 Å². The minimum atomic E-state index is -3.88. The van der Waals surface area contributed by atoms with Gasteiger partial charge < -0.3 is 9.67 Å². The zero-order valence-electron chi connectivity index (χ0n) is 21.6. The molecule has 4 aromatic rings. The molecule has 0 aliphatic carbocycles. The molecule has 13 heteroatoms. The van der Waals surface area contributed by atoms with Crippen molar-refractivity contribution >= 4 is 42.1 Å². The smallest absolute Gasteiger partial charge is 0.269 e. The van der Waals surface area contributed by atoms with Crippen LogP contribution >= 0.6 is 0 Å². The number of pyridine rings is 1. The summed E-state index contributed by atoms with van der Waals surface area (Å²) in [5.74, 6) is 0.540. The summed E-state index contributed by atoms with van der Waals surface area (Å²) in [4.78, 5) is 11.6. The first kappa shape index (κ1) is 26.8. The molecule has 3 aromatic heterocycles. The van der Waals surface area contributed by atoms with E-state index in [2.05, 4.69) is 14.6 Å². The lowest BCUT2D eigenvalue weighted by Gasteiger charge is -2.42. The third-order valence-electron chi connectivity index (χ3n) is 7.27. The number of hydrogen-bond donors (Lipinski definition) is 2. The van der Waals surface area contributed by atoms with Gasteiger partial charge in [0.1, 0.15) is 11.3 Å². The molecular formula is C25H32N6O5S2. The molecule has 11 nitrogen and oxygen atoms in total. The van der Waals surface area contributed by atoms with Gasteiger partial charge in [-0.3, -0.25) is 4.90 Å². The normalized spacial score (nSPS) is 16.5. The second-order valence-electron chi connectivity index (χ2n) is 10.3. The largest absolute Gasteiger partial charge is 0.394 e. The quantitative estimate of drug-likeness (QED) is 0.334. The van der Waals surface area contributed by atoms with E-state index >= 15 is 0 Å². The first-order valence-corrected chi connectivity index (χ1v) is 15.7. The van der Waals surface area contributed by atoms with Crippen LogP contribution in [0.4, 0.5) is 0 Å². The summed E-state index contributed by atoms with van der Waals surface area (Å²) < 4.78 is 56.4. The molecule has 0 atom stereocenters. The third kappa shape index (κ3) is 4.84. The van der Waals surface area contributed by atoms with Crippen LogP contribution in [0.25, 0.3) is 22.1 Å². The van der Waals surface area contributed by atoms with Gasteiger partial charge in [0.05, 0.1) is 36.0 Å². The van der Waals surface area contributed by atoms with Crippen LogP contribution in [-0.2, 0) is 26.6 Å². The lowest BCUT2D eigenvalue weighted by atomic mass is 9.96. The Bertz CT molecular complexity index is 1690. The number of benzene rings is 1. The number of hydrogen-bond acceptors (Lipinski definition) is 8. The van der Waals surface area contributed by atoms with E-state index in [4.69, 9.17) is 4.98 Å². The first-order chi connectivity index (χ1) is 17.9. The number of nitrogens with zero attached hydrogens (tertiary/aromatic N) is 5. The van der Waals surface area contributed by atoms with Gasteiger partial charge in [-0.1, -0.05) is 18.2 Å². The summed E-state index contributed by atoms with van der Waals surface area (Å²) in [5, 5.41) is 10.4. The van der Waals surface area contributed by atoms with Crippen LogP contribution in [0.1, 0.15) is 38.6 Å². The molecule has 38 heavy (non-hydrogen) atoms. The van der Waals surface area contributed by atoms with E-state index in [-0.39, 0.29) is 35.3 Å². The van der Waals surface area contributed by atoms with Crippen molar-refractivity contribution in [3.8, 4) is 0 Å². The van der Waals surface area contributed by atoms with Gasteiger partial charge in [0.2, 0.25) is 10.0 Å². The number of sulfonamides is 1. The number of aromatic nitrogens is 4. The van der Waals surface area contributed by atoms with E-state index in [0.29, 0.717) is 16.7 Å². The molecule has 1 aliphatic rings. The summed E-state index contributed by atoms with van der Waals surface area (Å²) in [6.07, 6.45) is 5.65. The number of fused-ring (bicyclic) bond motifs is 3. The average Bonchev–Trinajstić information content (AvgIpc) is 3.49. The number of piperidine rings is 1. The number of likely N-dealkylation sites (tertiary alicyclic amines) is 1. The molecule has 2 N–H and O–H groups in total. The standard InChI is InChI=1S/C25H32N6O5S2/c1-25(2,17-32)29-12-9-18(10-13-29)31-22(16-27-37(3,33)34)28-21-15-26-24-20(23(21)31)11-14-30(24)38(35,36)19-7-5-4-6-8-19/h4-8,11,14-15,18,27,32H,9-10,12-13,16-17H2,1-3H3. The van der Waals surface area contributed by atoms with Gasteiger partial charge in [-0.2, -0.15) is 0 Å². The van der Waals surface area contributed by atoms with E-state index in [1.54, 1.807) is 42.6 Å². The zero-order chi connectivity index (χ0) is 27.3. The SMILES string of the molecule is CC(C)(CO)N1CCC(n2c(CNS(C)(=O)=O)nc3cnc4c(ccn4S(=O)(=O)c4ccccc4)c32)CC1. The van der Waals surface area contributed by atoms with Crippen molar-refractivity contribution in [1.29, 1.82) is 0 Å². The molecule has 4 heterocycles. The minimum Gasteiger partial charge on any atom is -0.394 e. The average molecular weight is 561 g/mol. The van der Waals surface area contributed by atoms with Crippen molar-refractivity contribution in [3.05, 3.63) is 54.6 Å². The molecule has 1 aromatic carbocycles. The molecule has 204 valence electrons. The highest BCUT2D eigenvalue weighted by molar-refractivity contribution is 7.90. The van der Waals surface area contributed by atoms with E-state index in [1.807, 2.05) is 18.4 Å². The molecule has 0 radical (unpaired) electrons. The van der Waals surface area contributed by atoms with Gasteiger partial charge in [-0.05, 0) is 44.9 Å². The Hall–Kier alpha value is -2.84. The zero-order valence-corrected chi connectivity index (χ0v) is 23.2. The van der Waals surface area contributed by atoms with Gasteiger partial charge in [-0.15, -0.1) is 0 Å².